The lowest BCUT2D eigenvalue weighted by atomic mass is 9.99. The van der Waals surface area contributed by atoms with Crippen molar-refractivity contribution in [1.82, 2.24) is 5.09 Å². The molecule has 0 spiro atoms. The molecule has 0 saturated carbocycles. The van der Waals surface area contributed by atoms with Crippen molar-refractivity contribution in [3.8, 4) is 5.75 Å². The lowest BCUT2D eigenvalue weighted by Gasteiger charge is -2.21. The smallest absolute Gasteiger partial charge is 0.409 e. The van der Waals surface area contributed by atoms with Crippen LogP contribution in [-0.2, 0) is 14.1 Å². The number of halogens is 2. The van der Waals surface area contributed by atoms with Crippen LogP contribution in [0.15, 0.2) is 24.3 Å². The number of rotatable bonds is 6. The zero-order valence-electron chi connectivity index (χ0n) is 12.9. The van der Waals surface area contributed by atoms with E-state index in [1.54, 1.807) is 18.2 Å². The van der Waals surface area contributed by atoms with Crippen LogP contribution in [0.25, 0.3) is 0 Å². The van der Waals surface area contributed by atoms with E-state index in [0.29, 0.717) is 0 Å². The number of esters is 1. The summed E-state index contributed by atoms with van der Waals surface area (Å²) in [6, 6.07) is 5.59. The van der Waals surface area contributed by atoms with E-state index < -0.39 is 18.9 Å². The molecule has 1 unspecified atom stereocenters. The molecule has 0 aliphatic rings. The second-order valence-electron chi connectivity index (χ2n) is 6.02. The Morgan fingerprint density at radius 2 is 1.95 bits per heavy atom. The monoisotopic (exact) mass is 367 g/mol. The normalized spacial score (nSPS) is 15.7. The molecule has 1 aromatic rings. The Labute approximate surface area is 140 Å². The highest BCUT2D eigenvalue weighted by atomic mass is 35.7. The molecule has 5 nitrogen and oxygen atoms in total. The van der Waals surface area contributed by atoms with Crippen LogP contribution in [0.2, 0.25) is 5.02 Å². The van der Waals surface area contributed by atoms with Gasteiger partial charge in [-0.15, -0.1) is 0 Å². The van der Waals surface area contributed by atoms with Gasteiger partial charge in [-0.05, 0) is 24.5 Å². The van der Waals surface area contributed by atoms with Crippen molar-refractivity contribution in [3.63, 3.8) is 0 Å². The first-order valence-corrected chi connectivity index (χ1v) is 9.59. The van der Waals surface area contributed by atoms with Gasteiger partial charge in [-0.3, -0.25) is 4.79 Å². The summed E-state index contributed by atoms with van der Waals surface area (Å²) < 4.78 is 22.5. The molecule has 0 aliphatic carbocycles. The van der Waals surface area contributed by atoms with E-state index in [2.05, 4.69) is 5.09 Å². The van der Waals surface area contributed by atoms with E-state index >= 15 is 0 Å². The minimum Gasteiger partial charge on any atom is -0.464 e. The minimum atomic E-state index is -3.78. The molecule has 8 heteroatoms. The summed E-state index contributed by atoms with van der Waals surface area (Å²) in [4.78, 5) is 11.8. The summed E-state index contributed by atoms with van der Waals surface area (Å²) in [6.07, 6.45) is 0. The van der Waals surface area contributed by atoms with E-state index in [1.807, 2.05) is 20.8 Å². The molecular formula is C14H20Cl2NO4P. The lowest BCUT2D eigenvalue weighted by Crippen LogP contribution is -2.35. The van der Waals surface area contributed by atoms with Gasteiger partial charge in [0.2, 0.25) is 0 Å². The second-order valence-corrected chi connectivity index (χ2v) is 9.16. The third-order valence-corrected chi connectivity index (χ3v) is 4.34. The first-order valence-electron chi connectivity index (χ1n) is 6.68. The van der Waals surface area contributed by atoms with E-state index in [4.69, 9.17) is 32.1 Å². The number of carbonyl (C=O) groups is 1. The molecule has 1 aromatic carbocycles. The molecule has 0 radical (unpaired) electrons. The molecule has 0 bridgehead atoms. The zero-order valence-corrected chi connectivity index (χ0v) is 15.3. The van der Waals surface area contributed by atoms with Gasteiger partial charge < -0.3 is 9.26 Å². The van der Waals surface area contributed by atoms with Gasteiger partial charge in [-0.1, -0.05) is 44.5 Å². The molecule has 0 fully saturated rings. The van der Waals surface area contributed by atoms with Crippen molar-refractivity contribution in [2.75, 3.05) is 6.61 Å². The van der Waals surface area contributed by atoms with Crippen LogP contribution in [0.4, 0.5) is 0 Å². The second kappa shape index (κ2) is 7.69. The molecule has 0 aliphatic heterocycles. The topological polar surface area (TPSA) is 64.6 Å². The van der Waals surface area contributed by atoms with Gasteiger partial charge in [0.05, 0.1) is 11.6 Å². The maximum atomic E-state index is 12.2. The fourth-order valence-corrected chi connectivity index (χ4v) is 3.29. The highest BCUT2D eigenvalue weighted by Crippen LogP contribution is 2.50. The van der Waals surface area contributed by atoms with Crippen LogP contribution in [0, 0.1) is 5.41 Å². The van der Waals surface area contributed by atoms with Gasteiger partial charge in [-0.25, -0.2) is 9.65 Å². The van der Waals surface area contributed by atoms with E-state index in [0.717, 1.165) is 0 Å². The van der Waals surface area contributed by atoms with Crippen molar-refractivity contribution in [2.45, 2.75) is 33.7 Å². The van der Waals surface area contributed by atoms with Gasteiger partial charge in [0.25, 0.3) is 0 Å². The van der Waals surface area contributed by atoms with Gasteiger partial charge in [0.1, 0.15) is 11.8 Å². The van der Waals surface area contributed by atoms with Crippen molar-refractivity contribution in [2.24, 2.45) is 5.41 Å². The average Bonchev–Trinajstić information content (AvgIpc) is 2.37. The molecule has 22 heavy (non-hydrogen) atoms. The van der Waals surface area contributed by atoms with Crippen LogP contribution in [0.1, 0.15) is 27.7 Å². The van der Waals surface area contributed by atoms with Crippen LogP contribution < -0.4 is 9.61 Å². The average molecular weight is 368 g/mol. The van der Waals surface area contributed by atoms with Crippen molar-refractivity contribution >= 4 is 35.7 Å². The highest BCUT2D eigenvalue weighted by molar-refractivity contribution is 7.84. The maximum Gasteiger partial charge on any atom is 0.409 e. The van der Waals surface area contributed by atoms with Gasteiger partial charge >= 0.3 is 12.8 Å². The number of para-hydroxylation sites is 1. The van der Waals surface area contributed by atoms with Crippen molar-refractivity contribution < 1.29 is 18.6 Å². The van der Waals surface area contributed by atoms with E-state index in [-0.39, 0.29) is 22.8 Å². The summed E-state index contributed by atoms with van der Waals surface area (Å²) in [7, 11) is 0. The van der Waals surface area contributed by atoms with Gasteiger partial charge in [-0.2, -0.15) is 0 Å². The molecule has 1 N–H and O–H groups in total. The fourth-order valence-electron chi connectivity index (χ4n) is 1.37. The zero-order chi connectivity index (χ0) is 17.0. The summed E-state index contributed by atoms with van der Waals surface area (Å²) in [5.74, 6) is -0.385. The van der Waals surface area contributed by atoms with Crippen LogP contribution >= 0.6 is 29.7 Å². The Balaban J connectivity index is 2.62. The van der Waals surface area contributed by atoms with Crippen LogP contribution in [-0.4, -0.2) is 18.6 Å². The Bertz CT molecular complexity index is 574. The molecule has 124 valence electrons. The number of nitrogens with one attached hydrogen (secondary N) is 1. The Kier molecular flexibility index (Phi) is 6.75. The van der Waals surface area contributed by atoms with Gasteiger partial charge in [0, 0.05) is 11.2 Å². The Morgan fingerprint density at radius 1 is 1.36 bits per heavy atom. The molecule has 0 heterocycles. The van der Waals surface area contributed by atoms with E-state index in [1.165, 1.54) is 13.0 Å². The van der Waals surface area contributed by atoms with E-state index in [9.17, 15) is 9.36 Å². The fraction of sp³-hybridized carbons (Fsp3) is 0.500. The third kappa shape index (κ3) is 7.01. The maximum absolute atomic E-state index is 12.2. The lowest BCUT2D eigenvalue weighted by molar-refractivity contribution is -0.147. The SMILES string of the molecule is C[C@H](NP(=O)(Cl)Oc1ccccc1Cl)C(=O)OCC(C)(C)C. The minimum absolute atomic E-state index is 0.159. The number of ether oxygens (including phenoxy) is 1. The quantitative estimate of drug-likeness (QED) is 0.586. The summed E-state index contributed by atoms with van der Waals surface area (Å²) >= 11 is 11.7. The largest absolute Gasteiger partial charge is 0.464 e. The summed E-state index contributed by atoms with van der Waals surface area (Å²) in [5.41, 5.74) is -0.159. The van der Waals surface area contributed by atoms with Crippen LogP contribution in [0.3, 0.4) is 0 Å². The molecule has 0 aromatic heterocycles. The predicted molar refractivity (Wildman–Crippen MR) is 88.6 cm³/mol. The molecule has 1 rings (SSSR count). The van der Waals surface area contributed by atoms with Crippen molar-refractivity contribution in [1.29, 1.82) is 0 Å². The number of hydrogen-bond donors (Lipinski definition) is 1. The number of hydrogen-bond acceptors (Lipinski definition) is 4. The van der Waals surface area contributed by atoms with Crippen molar-refractivity contribution in [3.05, 3.63) is 29.3 Å². The third-order valence-electron chi connectivity index (χ3n) is 2.40. The highest BCUT2D eigenvalue weighted by Gasteiger charge is 2.29. The molecule has 2 atom stereocenters. The molecular weight excluding hydrogens is 348 g/mol. The Morgan fingerprint density at radius 3 is 2.50 bits per heavy atom. The summed E-state index contributed by atoms with van der Waals surface area (Å²) in [6.45, 7) is 3.77. The first kappa shape index (κ1) is 19.3. The van der Waals surface area contributed by atoms with Crippen LogP contribution in [0.5, 0.6) is 5.75 Å². The first-order chi connectivity index (χ1) is 10.0. The predicted octanol–water partition coefficient (Wildman–Crippen LogP) is 4.63. The summed E-state index contributed by atoms with van der Waals surface area (Å²) in [5, 5.41) is 2.70. The number of carbonyl (C=O) groups excluding carboxylic acids is 1. The van der Waals surface area contributed by atoms with Gasteiger partial charge in [0.15, 0.2) is 0 Å². The molecule has 0 saturated heterocycles. The number of benzene rings is 1. The standard InChI is InChI=1S/C14H20Cl2NO4P/c1-10(13(18)20-9-14(2,3)4)17-22(16,19)21-12-8-6-5-7-11(12)15/h5-8,10H,9H2,1-4H3,(H,17,19)/t10-,22?/m0/s1. The Hall–Kier alpha value is -0.740. The molecule has 0 amide bonds.